The fourth-order valence-corrected chi connectivity index (χ4v) is 1.78. The third kappa shape index (κ3) is 4.09. The van der Waals surface area contributed by atoms with Crippen LogP contribution in [0.15, 0.2) is 35.1 Å². The summed E-state index contributed by atoms with van der Waals surface area (Å²) in [4.78, 5) is 8.29. The van der Waals surface area contributed by atoms with Crippen LogP contribution < -0.4 is 15.2 Å². The predicted molar refractivity (Wildman–Crippen MR) is 81.0 cm³/mol. The lowest BCUT2D eigenvalue weighted by molar-refractivity contribution is 0.124. The van der Waals surface area contributed by atoms with Gasteiger partial charge in [-0.15, -0.1) is 0 Å². The SMILES string of the molecule is CC(C)(C)Oc1nc(Oc2cncc(Br)c2)ccc1N. The van der Waals surface area contributed by atoms with E-state index in [-0.39, 0.29) is 5.60 Å². The van der Waals surface area contributed by atoms with Crippen molar-refractivity contribution < 1.29 is 9.47 Å². The number of nitrogens with zero attached hydrogens (tertiary/aromatic N) is 2. The van der Waals surface area contributed by atoms with E-state index in [0.29, 0.717) is 23.2 Å². The van der Waals surface area contributed by atoms with Gasteiger partial charge in [0, 0.05) is 16.7 Å². The molecule has 2 rings (SSSR count). The van der Waals surface area contributed by atoms with Crippen LogP contribution in [-0.2, 0) is 0 Å². The summed E-state index contributed by atoms with van der Waals surface area (Å²) in [5.41, 5.74) is 5.95. The Hall–Kier alpha value is -1.82. The average Bonchev–Trinajstić information content (AvgIpc) is 2.32. The van der Waals surface area contributed by atoms with Crippen LogP contribution in [0.2, 0.25) is 0 Å². The molecule has 0 aliphatic carbocycles. The van der Waals surface area contributed by atoms with Crippen molar-refractivity contribution in [3.8, 4) is 17.5 Å². The molecule has 6 heteroatoms. The minimum Gasteiger partial charge on any atom is -0.470 e. The highest BCUT2D eigenvalue weighted by molar-refractivity contribution is 9.10. The highest BCUT2D eigenvalue weighted by Gasteiger charge is 2.16. The molecule has 2 aromatic rings. The molecule has 0 fully saturated rings. The van der Waals surface area contributed by atoms with Crippen LogP contribution in [0.5, 0.6) is 17.5 Å². The molecule has 2 aromatic heterocycles. The number of aromatic nitrogens is 2. The Balaban J connectivity index is 2.23. The van der Waals surface area contributed by atoms with E-state index in [4.69, 9.17) is 15.2 Å². The summed E-state index contributed by atoms with van der Waals surface area (Å²) in [6.07, 6.45) is 3.28. The van der Waals surface area contributed by atoms with Crippen molar-refractivity contribution in [2.45, 2.75) is 26.4 Å². The van der Waals surface area contributed by atoms with Crippen molar-refractivity contribution in [3.05, 3.63) is 35.1 Å². The van der Waals surface area contributed by atoms with E-state index in [9.17, 15) is 0 Å². The molecule has 2 heterocycles. The van der Waals surface area contributed by atoms with Gasteiger partial charge in [-0.05, 0) is 48.8 Å². The van der Waals surface area contributed by atoms with Gasteiger partial charge in [0.25, 0.3) is 0 Å². The normalized spacial score (nSPS) is 11.2. The van der Waals surface area contributed by atoms with Crippen LogP contribution in [0.4, 0.5) is 5.69 Å². The number of pyridine rings is 2. The summed E-state index contributed by atoms with van der Waals surface area (Å²) >= 11 is 3.33. The number of nitrogens with two attached hydrogens (primary N) is 1. The maximum atomic E-state index is 5.85. The zero-order chi connectivity index (χ0) is 14.8. The Morgan fingerprint density at radius 3 is 2.60 bits per heavy atom. The standard InChI is InChI=1S/C14H16BrN3O2/c1-14(2,3)20-13-11(16)4-5-12(18-13)19-10-6-9(15)7-17-8-10/h4-8H,16H2,1-3H3. The number of hydrogen-bond donors (Lipinski definition) is 1. The first-order valence-electron chi connectivity index (χ1n) is 6.07. The van der Waals surface area contributed by atoms with E-state index >= 15 is 0 Å². The van der Waals surface area contributed by atoms with Crippen LogP contribution in [0.3, 0.4) is 0 Å². The van der Waals surface area contributed by atoms with Crippen molar-refractivity contribution in [3.63, 3.8) is 0 Å². The van der Waals surface area contributed by atoms with Crippen LogP contribution in [0.1, 0.15) is 20.8 Å². The second-order valence-corrected chi connectivity index (χ2v) is 6.11. The number of anilines is 1. The molecule has 0 amide bonds. The zero-order valence-corrected chi connectivity index (χ0v) is 13.1. The van der Waals surface area contributed by atoms with Crippen LogP contribution in [0.25, 0.3) is 0 Å². The molecule has 0 aliphatic rings. The van der Waals surface area contributed by atoms with Gasteiger partial charge >= 0.3 is 0 Å². The van der Waals surface area contributed by atoms with E-state index in [0.717, 1.165) is 4.47 Å². The molecular weight excluding hydrogens is 322 g/mol. The highest BCUT2D eigenvalue weighted by atomic mass is 79.9. The summed E-state index contributed by atoms with van der Waals surface area (Å²) in [6, 6.07) is 5.19. The molecule has 0 saturated carbocycles. The highest BCUT2D eigenvalue weighted by Crippen LogP contribution is 2.28. The number of rotatable bonds is 3. The second kappa shape index (κ2) is 5.66. The molecule has 0 atom stereocenters. The Kier molecular flexibility index (Phi) is 4.13. The van der Waals surface area contributed by atoms with Crippen LogP contribution in [0, 0.1) is 0 Å². The fraction of sp³-hybridized carbons (Fsp3) is 0.286. The fourth-order valence-electron chi connectivity index (χ4n) is 1.43. The number of halogens is 1. The maximum Gasteiger partial charge on any atom is 0.241 e. The van der Waals surface area contributed by atoms with Crippen molar-refractivity contribution in [1.82, 2.24) is 9.97 Å². The quantitative estimate of drug-likeness (QED) is 0.922. The molecule has 5 nitrogen and oxygen atoms in total. The number of hydrogen-bond acceptors (Lipinski definition) is 5. The van der Waals surface area contributed by atoms with Gasteiger partial charge in [0.1, 0.15) is 11.4 Å². The van der Waals surface area contributed by atoms with Gasteiger partial charge < -0.3 is 15.2 Å². The molecule has 20 heavy (non-hydrogen) atoms. The molecule has 0 unspecified atom stereocenters. The molecule has 0 aromatic carbocycles. The largest absolute Gasteiger partial charge is 0.470 e. The van der Waals surface area contributed by atoms with E-state index in [1.54, 1.807) is 30.6 Å². The summed E-state index contributed by atoms with van der Waals surface area (Å²) in [5, 5.41) is 0. The first kappa shape index (κ1) is 14.6. The molecule has 0 aliphatic heterocycles. The van der Waals surface area contributed by atoms with Gasteiger partial charge in [-0.3, -0.25) is 4.98 Å². The maximum absolute atomic E-state index is 5.85. The van der Waals surface area contributed by atoms with Gasteiger partial charge in [-0.2, -0.15) is 4.98 Å². The van der Waals surface area contributed by atoms with E-state index in [2.05, 4.69) is 25.9 Å². The lowest BCUT2D eigenvalue weighted by Crippen LogP contribution is -2.24. The zero-order valence-electron chi connectivity index (χ0n) is 11.6. The molecule has 0 radical (unpaired) electrons. The van der Waals surface area contributed by atoms with Gasteiger partial charge in [0.05, 0.1) is 11.9 Å². The summed E-state index contributed by atoms with van der Waals surface area (Å²) in [7, 11) is 0. The summed E-state index contributed by atoms with van der Waals surface area (Å²) < 4.78 is 12.2. The minimum atomic E-state index is -0.378. The third-order valence-electron chi connectivity index (χ3n) is 2.17. The van der Waals surface area contributed by atoms with Gasteiger partial charge in [0.2, 0.25) is 11.8 Å². The van der Waals surface area contributed by atoms with Crippen molar-refractivity contribution in [2.24, 2.45) is 0 Å². The van der Waals surface area contributed by atoms with Crippen molar-refractivity contribution in [2.75, 3.05) is 5.73 Å². The predicted octanol–water partition coefficient (Wildman–Crippen LogP) is 3.79. The van der Waals surface area contributed by atoms with Crippen LogP contribution >= 0.6 is 15.9 Å². The number of nitrogen functional groups attached to an aromatic ring is 1. The lowest BCUT2D eigenvalue weighted by atomic mass is 10.2. The molecule has 0 saturated heterocycles. The Labute approximate surface area is 126 Å². The Bertz CT molecular complexity index is 612. The van der Waals surface area contributed by atoms with Gasteiger partial charge in [0.15, 0.2) is 0 Å². The number of ether oxygens (including phenoxy) is 2. The summed E-state index contributed by atoms with van der Waals surface area (Å²) in [6.45, 7) is 5.79. The smallest absolute Gasteiger partial charge is 0.241 e. The Morgan fingerprint density at radius 1 is 1.20 bits per heavy atom. The lowest BCUT2D eigenvalue weighted by Gasteiger charge is -2.21. The Morgan fingerprint density at radius 2 is 1.95 bits per heavy atom. The monoisotopic (exact) mass is 337 g/mol. The van der Waals surface area contributed by atoms with E-state index in [1.165, 1.54) is 0 Å². The van der Waals surface area contributed by atoms with E-state index < -0.39 is 0 Å². The first-order valence-corrected chi connectivity index (χ1v) is 6.87. The van der Waals surface area contributed by atoms with Crippen molar-refractivity contribution >= 4 is 21.6 Å². The second-order valence-electron chi connectivity index (χ2n) is 5.20. The van der Waals surface area contributed by atoms with Crippen LogP contribution in [-0.4, -0.2) is 15.6 Å². The van der Waals surface area contributed by atoms with Crippen molar-refractivity contribution in [1.29, 1.82) is 0 Å². The van der Waals surface area contributed by atoms with Gasteiger partial charge in [-0.25, -0.2) is 0 Å². The molecule has 0 bridgehead atoms. The topological polar surface area (TPSA) is 70.3 Å². The molecule has 2 N–H and O–H groups in total. The van der Waals surface area contributed by atoms with E-state index in [1.807, 2.05) is 20.8 Å². The van der Waals surface area contributed by atoms with Gasteiger partial charge in [-0.1, -0.05) is 0 Å². The third-order valence-corrected chi connectivity index (χ3v) is 2.60. The average molecular weight is 338 g/mol. The molecule has 0 spiro atoms. The first-order chi connectivity index (χ1) is 9.33. The molecule has 106 valence electrons. The minimum absolute atomic E-state index is 0.359. The molecular formula is C14H16BrN3O2. The summed E-state index contributed by atoms with van der Waals surface area (Å²) in [5.74, 6) is 1.34.